The largest absolute Gasteiger partial charge is 0.493 e. The lowest BCUT2D eigenvalue weighted by Gasteiger charge is -2.17. The molecule has 1 amide bonds. The summed E-state index contributed by atoms with van der Waals surface area (Å²) in [4.78, 5) is 24.5. The molecule has 1 N–H and O–H groups in total. The Kier molecular flexibility index (Phi) is 7.85. The number of benzene rings is 2. The number of ether oxygens (including phenoxy) is 1. The molecule has 0 bridgehead atoms. The van der Waals surface area contributed by atoms with Gasteiger partial charge in [0.05, 0.1) is 7.11 Å². The lowest BCUT2D eigenvalue weighted by atomic mass is 9.78. The van der Waals surface area contributed by atoms with Gasteiger partial charge < -0.3 is 19.4 Å². The van der Waals surface area contributed by atoms with E-state index in [1.807, 2.05) is 24.3 Å². The number of carbonyl (C=O) groups excluding carboxylic acids is 2. The van der Waals surface area contributed by atoms with Gasteiger partial charge in [-0.3, -0.25) is 4.79 Å². The average Bonchev–Trinajstić information content (AvgIpc) is 2.69. The van der Waals surface area contributed by atoms with Crippen molar-refractivity contribution in [3.8, 4) is 0 Å². The fraction of sp³-hybridized carbons (Fsp3) is 0.263. The van der Waals surface area contributed by atoms with Crippen LogP contribution in [0.2, 0.25) is 5.02 Å². The molecular formula is C19H21BClNO5. The second-order valence-electron chi connectivity index (χ2n) is 5.81. The van der Waals surface area contributed by atoms with Crippen LogP contribution in [0.5, 0.6) is 0 Å². The smallest absolute Gasteiger partial charge is 0.467 e. The summed E-state index contributed by atoms with van der Waals surface area (Å²) in [5, 5.41) is 3.23. The molecule has 2 aromatic rings. The Morgan fingerprint density at radius 3 is 2.11 bits per heavy atom. The monoisotopic (exact) mass is 389 g/mol. The van der Waals surface area contributed by atoms with E-state index in [0.29, 0.717) is 10.6 Å². The molecule has 0 aromatic heterocycles. The SMILES string of the molecule is COB(OC)c1ccc(C[C@H](NC(=O)c2ccc(Cl)cc2)C(=O)OC)cc1. The Bertz CT molecular complexity index is 763. The standard InChI is InChI=1S/C19H21BClNO5/c1-25-19(24)17(22-18(23)14-6-10-16(21)11-7-14)12-13-4-8-15(9-5-13)20(26-2)27-3/h4-11,17H,12H2,1-3H3,(H,22,23)/t17-/m0/s1. The lowest BCUT2D eigenvalue weighted by molar-refractivity contribution is -0.142. The van der Waals surface area contributed by atoms with Crippen LogP contribution in [0.15, 0.2) is 48.5 Å². The first-order chi connectivity index (χ1) is 13.0. The van der Waals surface area contributed by atoms with Gasteiger partial charge in [0.15, 0.2) is 0 Å². The van der Waals surface area contributed by atoms with Crippen LogP contribution in [-0.4, -0.2) is 46.4 Å². The molecule has 0 unspecified atom stereocenters. The quantitative estimate of drug-likeness (QED) is 0.551. The highest BCUT2D eigenvalue weighted by Crippen LogP contribution is 2.11. The molecule has 8 heteroatoms. The van der Waals surface area contributed by atoms with E-state index in [-0.39, 0.29) is 12.3 Å². The van der Waals surface area contributed by atoms with Gasteiger partial charge in [0.25, 0.3) is 5.91 Å². The summed E-state index contributed by atoms with van der Waals surface area (Å²) in [6.45, 7) is 0. The Balaban J connectivity index is 2.11. The zero-order valence-corrected chi connectivity index (χ0v) is 16.2. The Morgan fingerprint density at radius 1 is 1.00 bits per heavy atom. The number of carbonyl (C=O) groups is 2. The van der Waals surface area contributed by atoms with Crippen LogP contribution >= 0.6 is 11.6 Å². The number of methoxy groups -OCH3 is 1. The summed E-state index contributed by atoms with van der Waals surface area (Å²) in [6, 6.07) is 13.0. The van der Waals surface area contributed by atoms with Gasteiger partial charge in [-0.15, -0.1) is 0 Å². The molecular weight excluding hydrogens is 368 g/mol. The molecule has 2 aromatic carbocycles. The van der Waals surface area contributed by atoms with Crippen molar-refractivity contribution in [2.24, 2.45) is 0 Å². The number of esters is 1. The van der Waals surface area contributed by atoms with Gasteiger partial charge in [0.2, 0.25) is 0 Å². The van der Waals surface area contributed by atoms with E-state index < -0.39 is 19.1 Å². The Hall–Kier alpha value is -2.35. The number of hydrogen-bond acceptors (Lipinski definition) is 5. The maximum atomic E-state index is 12.4. The Labute approximate surface area is 163 Å². The van der Waals surface area contributed by atoms with E-state index in [2.05, 4.69) is 5.32 Å². The number of amides is 1. The molecule has 0 spiro atoms. The molecule has 1 atom stereocenters. The van der Waals surface area contributed by atoms with Crippen molar-refractivity contribution < 1.29 is 23.6 Å². The van der Waals surface area contributed by atoms with Crippen LogP contribution in [0.1, 0.15) is 15.9 Å². The van der Waals surface area contributed by atoms with E-state index in [1.165, 1.54) is 7.11 Å². The van der Waals surface area contributed by atoms with E-state index in [4.69, 9.17) is 25.6 Å². The number of hydrogen-bond donors (Lipinski definition) is 1. The fourth-order valence-electron chi connectivity index (χ4n) is 2.59. The first kappa shape index (κ1) is 21.0. The van der Waals surface area contributed by atoms with Gasteiger partial charge in [-0.05, 0) is 35.3 Å². The first-order valence-electron chi connectivity index (χ1n) is 8.27. The third-order valence-corrected chi connectivity index (χ3v) is 4.27. The highest BCUT2D eigenvalue weighted by atomic mass is 35.5. The molecule has 0 heterocycles. The highest BCUT2D eigenvalue weighted by Gasteiger charge is 2.23. The van der Waals surface area contributed by atoms with E-state index in [1.54, 1.807) is 38.5 Å². The van der Waals surface area contributed by atoms with Crippen LogP contribution in [0.4, 0.5) is 0 Å². The fourth-order valence-corrected chi connectivity index (χ4v) is 2.72. The van der Waals surface area contributed by atoms with Crippen molar-refractivity contribution in [3.05, 3.63) is 64.7 Å². The second-order valence-corrected chi connectivity index (χ2v) is 6.24. The van der Waals surface area contributed by atoms with Crippen LogP contribution in [-0.2, 0) is 25.3 Å². The zero-order chi connectivity index (χ0) is 19.8. The molecule has 2 rings (SSSR count). The van der Waals surface area contributed by atoms with E-state index >= 15 is 0 Å². The summed E-state index contributed by atoms with van der Waals surface area (Å²) in [5.74, 6) is -0.898. The Morgan fingerprint density at radius 2 is 1.59 bits per heavy atom. The van der Waals surface area contributed by atoms with Crippen molar-refractivity contribution in [2.45, 2.75) is 12.5 Å². The maximum absolute atomic E-state index is 12.4. The molecule has 6 nitrogen and oxygen atoms in total. The molecule has 0 saturated heterocycles. The van der Waals surface area contributed by atoms with Crippen LogP contribution in [0.3, 0.4) is 0 Å². The van der Waals surface area contributed by atoms with Gasteiger partial charge in [0, 0.05) is 31.2 Å². The summed E-state index contributed by atoms with van der Waals surface area (Å²) in [6.07, 6.45) is 0.289. The van der Waals surface area contributed by atoms with Crippen molar-refractivity contribution in [2.75, 3.05) is 21.3 Å². The number of halogens is 1. The van der Waals surface area contributed by atoms with Crippen LogP contribution < -0.4 is 10.8 Å². The minimum absolute atomic E-state index is 0.289. The summed E-state index contributed by atoms with van der Waals surface area (Å²) in [7, 11) is 3.94. The van der Waals surface area contributed by atoms with Crippen LogP contribution in [0, 0.1) is 0 Å². The maximum Gasteiger partial charge on any atom is 0.493 e. The van der Waals surface area contributed by atoms with E-state index in [9.17, 15) is 9.59 Å². The lowest BCUT2D eigenvalue weighted by Crippen LogP contribution is -2.43. The topological polar surface area (TPSA) is 73.9 Å². The third-order valence-electron chi connectivity index (χ3n) is 4.02. The van der Waals surface area contributed by atoms with Gasteiger partial charge >= 0.3 is 13.1 Å². The normalized spacial score (nSPS) is 11.6. The van der Waals surface area contributed by atoms with E-state index in [0.717, 1.165) is 11.0 Å². The van der Waals surface area contributed by atoms with Gasteiger partial charge in [-0.2, -0.15) is 0 Å². The highest BCUT2D eigenvalue weighted by molar-refractivity contribution is 6.61. The molecule has 0 radical (unpaired) electrons. The molecule has 0 aliphatic carbocycles. The molecule has 27 heavy (non-hydrogen) atoms. The molecule has 0 saturated carbocycles. The molecule has 0 fully saturated rings. The summed E-state index contributed by atoms with van der Waals surface area (Å²) >= 11 is 5.83. The first-order valence-corrected chi connectivity index (χ1v) is 8.65. The predicted octanol–water partition coefficient (Wildman–Crippen LogP) is 1.84. The van der Waals surface area contributed by atoms with Gasteiger partial charge in [0.1, 0.15) is 6.04 Å². The minimum atomic E-state index is -0.815. The zero-order valence-electron chi connectivity index (χ0n) is 15.4. The van der Waals surface area contributed by atoms with Crippen molar-refractivity contribution >= 4 is 36.1 Å². The van der Waals surface area contributed by atoms with Crippen molar-refractivity contribution in [1.82, 2.24) is 5.32 Å². The van der Waals surface area contributed by atoms with Crippen LogP contribution in [0.25, 0.3) is 0 Å². The predicted molar refractivity (Wildman–Crippen MR) is 104 cm³/mol. The van der Waals surface area contributed by atoms with Crippen molar-refractivity contribution in [3.63, 3.8) is 0 Å². The molecule has 142 valence electrons. The molecule has 0 aliphatic heterocycles. The number of rotatable bonds is 8. The number of nitrogens with one attached hydrogen (secondary N) is 1. The summed E-state index contributed by atoms with van der Waals surface area (Å²) < 4.78 is 15.2. The second kappa shape index (κ2) is 10.1. The van der Waals surface area contributed by atoms with Crippen molar-refractivity contribution in [1.29, 1.82) is 0 Å². The summed E-state index contributed by atoms with van der Waals surface area (Å²) in [5.41, 5.74) is 2.12. The minimum Gasteiger partial charge on any atom is -0.467 e. The van der Waals surface area contributed by atoms with Gasteiger partial charge in [-0.25, -0.2) is 4.79 Å². The van der Waals surface area contributed by atoms with Gasteiger partial charge in [-0.1, -0.05) is 35.9 Å². The third kappa shape index (κ3) is 5.82. The average molecular weight is 390 g/mol. The molecule has 0 aliphatic rings.